The van der Waals surface area contributed by atoms with E-state index in [0.29, 0.717) is 0 Å². The molecule has 2 rings (SSSR count). The first-order chi connectivity index (χ1) is 8.22. The maximum absolute atomic E-state index is 13.3. The molecule has 2 aromatic rings. The van der Waals surface area contributed by atoms with Crippen molar-refractivity contribution in [3.05, 3.63) is 57.5 Å². The van der Waals surface area contributed by atoms with Crippen LogP contribution in [0, 0.1) is 12.7 Å². The van der Waals surface area contributed by atoms with E-state index in [1.807, 2.05) is 6.07 Å². The summed E-state index contributed by atoms with van der Waals surface area (Å²) >= 11 is 1.71. The van der Waals surface area contributed by atoms with Crippen LogP contribution in [0.15, 0.2) is 35.7 Å². The molecular weight excluding hydrogens is 233 g/mol. The van der Waals surface area contributed by atoms with Gasteiger partial charge in [0, 0.05) is 4.88 Å². The van der Waals surface area contributed by atoms with E-state index in [9.17, 15) is 4.39 Å². The highest BCUT2D eigenvalue weighted by molar-refractivity contribution is 7.10. The summed E-state index contributed by atoms with van der Waals surface area (Å²) in [5.41, 5.74) is 2.24. The maximum Gasteiger partial charge on any atom is 0.123 e. The fraction of sp³-hybridized carbons (Fsp3) is 0.286. The second-order valence-corrected chi connectivity index (χ2v) is 4.96. The van der Waals surface area contributed by atoms with Gasteiger partial charge in [0.05, 0.1) is 6.04 Å². The van der Waals surface area contributed by atoms with Crippen molar-refractivity contribution in [3.63, 3.8) is 0 Å². The van der Waals surface area contributed by atoms with Gasteiger partial charge in [-0.3, -0.25) is 0 Å². The molecule has 1 unspecified atom stereocenters. The second kappa shape index (κ2) is 5.43. The molecule has 0 aliphatic rings. The summed E-state index contributed by atoms with van der Waals surface area (Å²) < 4.78 is 13.3. The normalized spacial score (nSPS) is 12.6. The Morgan fingerprint density at radius 3 is 2.76 bits per heavy atom. The molecule has 0 fully saturated rings. The Labute approximate surface area is 105 Å². The lowest BCUT2D eigenvalue weighted by Crippen LogP contribution is -2.21. The highest BCUT2D eigenvalue weighted by Crippen LogP contribution is 2.29. The van der Waals surface area contributed by atoms with Gasteiger partial charge >= 0.3 is 0 Å². The van der Waals surface area contributed by atoms with E-state index in [0.717, 1.165) is 12.1 Å². The van der Waals surface area contributed by atoms with Crippen molar-refractivity contribution in [1.29, 1.82) is 0 Å². The van der Waals surface area contributed by atoms with Crippen LogP contribution in [0.5, 0.6) is 0 Å². The van der Waals surface area contributed by atoms with E-state index < -0.39 is 0 Å². The van der Waals surface area contributed by atoms with Crippen LogP contribution in [-0.4, -0.2) is 6.54 Å². The Bertz CT molecular complexity index is 492. The second-order valence-electron chi connectivity index (χ2n) is 4.01. The minimum Gasteiger partial charge on any atom is -0.306 e. The fourth-order valence-corrected chi connectivity index (χ4v) is 2.96. The molecule has 1 aromatic heterocycles. The number of nitrogens with one attached hydrogen (secondary N) is 1. The number of hydrogen-bond acceptors (Lipinski definition) is 2. The molecule has 1 nitrogen and oxygen atoms in total. The zero-order valence-corrected chi connectivity index (χ0v) is 10.9. The van der Waals surface area contributed by atoms with Crippen molar-refractivity contribution < 1.29 is 4.39 Å². The van der Waals surface area contributed by atoms with Gasteiger partial charge in [-0.1, -0.05) is 19.1 Å². The van der Waals surface area contributed by atoms with Crippen molar-refractivity contribution in [3.8, 4) is 0 Å². The van der Waals surface area contributed by atoms with Gasteiger partial charge in [0.25, 0.3) is 0 Å². The average molecular weight is 249 g/mol. The summed E-state index contributed by atoms with van der Waals surface area (Å²) in [5, 5.41) is 5.49. The van der Waals surface area contributed by atoms with Crippen LogP contribution in [-0.2, 0) is 0 Å². The van der Waals surface area contributed by atoms with Crippen LogP contribution >= 0.6 is 11.3 Å². The molecule has 0 saturated heterocycles. The molecule has 17 heavy (non-hydrogen) atoms. The van der Waals surface area contributed by atoms with E-state index in [4.69, 9.17) is 0 Å². The summed E-state index contributed by atoms with van der Waals surface area (Å²) in [6.45, 7) is 5.02. The van der Waals surface area contributed by atoms with E-state index in [-0.39, 0.29) is 11.9 Å². The number of thiophene rings is 1. The summed E-state index contributed by atoms with van der Waals surface area (Å²) in [6.07, 6.45) is 0. The van der Waals surface area contributed by atoms with E-state index in [1.165, 1.54) is 16.5 Å². The Hall–Kier alpha value is -1.19. The monoisotopic (exact) mass is 249 g/mol. The standard InChI is InChI=1S/C14H16FNS/c1-3-16-13(14-10(2)7-8-17-14)11-5-4-6-12(15)9-11/h4-9,13,16H,3H2,1-2H3. The molecule has 1 atom stereocenters. The average Bonchev–Trinajstić information content (AvgIpc) is 2.72. The highest BCUT2D eigenvalue weighted by atomic mass is 32.1. The molecule has 1 N–H and O–H groups in total. The van der Waals surface area contributed by atoms with Crippen molar-refractivity contribution in [2.75, 3.05) is 6.54 Å². The molecule has 0 bridgehead atoms. The lowest BCUT2D eigenvalue weighted by Gasteiger charge is -2.18. The van der Waals surface area contributed by atoms with Gasteiger partial charge in [0.15, 0.2) is 0 Å². The van der Waals surface area contributed by atoms with Crippen molar-refractivity contribution >= 4 is 11.3 Å². The van der Waals surface area contributed by atoms with Crippen LogP contribution in [0.1, 0.15) is 29.0 Å². The number of benzene rings is 1. The Morgan fingerprint density at radius 1 is 1.35 bits per heavy atom. The molecular formula is C14H16FNS. The van der Waals surface area contributed by atoms with E-state index in [1.54, 1.807) is 23.5 Å². The van der Waals surface area contributed by atoms with Gasteiger partial charge in [-0.15, -0.1) is 11.3 Å². The lowest BCUT2D eigenvalue weighted by atomic mass is 10.0. The van der Waals surface area contributed by atoms with Crippen LogP contribution in [0.4, 0.5) is 4.39 Å². The topological polar surface area (TPSA) is 12.0 Å². The molecule has 0 aliphatic heterocycles. The summed E-state index contributed by atoms with van der Waals surface area (Å²) in [4.78, 5) is 1.26. The molecule has 0 spiro atoms. The maximum atomic E-state index is 13.3. The smallest absolute Gasteiger partial charge is 0.123 e. The van der Waals surface area contributed by atoms with Crippen molar-refractivity contribution in [1.82, 2.24) is 5.32 Å². The molecule has 1 aromatic carbocycles. The minimum atomic E-state index is -0.181. The summed E-state index contributed by atoms with van der Waals surface area (Å²) in [5.74, 6) is -0.181. The molecule has 3 heteroatoms. The molecule has 90 valence electrons. The molecule has 0 amide bonds. The third-order valence-corrected chi connectivity index (χ3v) is 3.84. The third kappa shape index (κ3) is 2.73. The number of halogens is 1. The largest absolute Gasteiger partial charge is 0.306 e. The Balaban J connectivity index is 2.39. The molecule has 1 heterocycles. The zero-order valence-electron chi connectivity index (χ0n) is 10.0. The van der Waals surface area contributed by atoms with Gasteiger partial charge in [-0.2, -0.15) is 0 Å². The first-order valence-electron chi connectivity index (χ1n) is 5.75. The van der Waals surface area contributed by atoms with Gasteiger partial charge in [-0.25, -0.2) is 4.39 Å². The lowest BCUT2D eigenvalue weighted by molar-refractivity contribution is 0.606. The zero-order chi connectivity index (χ0) is 12.3. The van der Waals surface area contributed by atoms with Crippen LogP contribution in [0.3, 0.4) is 0 Å². The summed E-state index contributed by atoms with van der Waals surface area (Å²) in [7, 11) is 0. The van der Waals surface area contributed by atoms with Gasteiger partial charge in [0.2, 0.25) is 0 Å². The predicted molar refractivity (Wildman–Crippen MR) is 71.0 cm³/mol. The van der Waals surface area contributed by atoms with E-state index >= 15 is 0 Å². The SMILES string of the molecule is CCNC(c1cccc(F)c1)c1sccc1C. The van der Waals surface area contributed by atoms with Crippen molar-refractivity contribution in [2.45, 2.75) is 19.9 Å². The van der Waals surface area contributed by atoms with Crippen LogP contribution in [0.25, 0.3) is 0 Å². The first kappa shape index (κ1) is 12.3. The molecule has 0 radical (unpaired) electrons. The third-order valence-electron chi connectivity index (χ3n) is 2.75. The highest BCUT2D eigenvalue weighted by Gasteiger charge is 2.16. The first-order valence-corrected chi connectivity index (χ1v) is 6.63. The van der Waals surface area contributed by atoms with Gasteiger partial charge in [0.1, 0.15) is 5.82 Å². The van der Waals surface area contributed by atoms with Gasteiger partial charge in [-0.05, 0) is 48.2 Å². The number of rotatable bonds is 4. The quantitative estimate of drug-likeness (QED) is 0.866. The van der Waals surface area contributed by atoms with E-state index in [2.05, 4.69) is 30.6 Å². The predicted octanol–water partition coefficient (Wildman–Crippen LogP) is 3.89. The number of aryl methyl sites for hydroxylation is 1. The molecule has 0 aliphatic carbocycles. The summed E-state index contributed by atoms with van der Waals surface area (Å²) in [6, 6.07) is 9.01. The number of hydrogen-bond donors (Lipinski definition) is 1. The van der Waals surface area contributed by atoms with Gasteiger partial charge < -0.3 is 5.32 Å². The Kier molecular flexibility index (Phi) is 3.92. The molecule has 0 saturated carbocycles. The fourth-order valence-electron chi connectivity index (χ4n) is 1.93. The van der Waals surface area contributed by atoms with Crippen molar-refractivity contribution in [2.24, 2.45) is 0 Å². The van der Waals surface area contributed by atoms with Crippen LogP contribution < -0.4 is 5.32 Å². The van der Waals surface area contributed by atoms with Crippen LogP contribution in [0.2, 0.25) is 0 Å². The Morgan fingerprint density at radius 2 is 2.18 bits per heavy atom. The minimum absolute atomic E-state index is 0.0932.